The molecule has 0 unspecified atom stereocenters. The Morgan fingerprint density at radius 1 is 0.923 bits per heavy atom. The molecule has 3 aromatic carbocycles. The molecule has 0 spiro atoms. The molecule has 0 aromatic heterocycles. The van der Waals surface area contributed by atoms with Crippen LogP contribution in [-0.4, -0.2) is 64.5 Å². The van der Waals surface area contributed by atoms with Gasteiger partial charge in [0.25, 0.3) is 10.0 Å². The van der Waals surface area contributed by atoms with Crippen LogP contribution in [0.2, 0.25) is 0 Å². The highest BCUT2D eigenvalue weighted by Gasteiger charge is 2.33. The average Bonchev–Trinajstić information content (AvgIpc) is 2.98. The number of nitrogens with zero attached hydrogens (tertiary/aromatic N) is 2. The van der Waals surface area contributed by atoms with Gasteiger partial charge in [-0.25, -0.2) is 8.42 Å². The summed E-state index contributed by atoms with van der Waals surface area (Å²) < 4.78 is 40.1. The van der Waals surface area contributed by atoms with Crippen molar-refractivity contribution in [3.05, 3.63) is 84.4 Å². The second-order valence-corrected chi connectivity index (χ2v) is 10.9. The van der Waals surface area contributed by atoms with Crippen LogP contribution in [0.4, 0.5) is 5.69 Å². The molecule has 0 bridgehead atoms. The summed E-state index contributed by atoms with van der Waals surface area (Å²) in [6.07, 6.45) is 0.880. The number of carbonyl (C=O) groups is 2. The lowest BCUT2D eigenvalue weighted by Gasteiger charge is -2.33. The number of carbonyl (C=O) groups excluding carboxylic acids is 2. The fourth-order valence-electron chi connectivity index (χ4n) is 4.50. The number of benzene rings is 3. The number of rotatable bonds is 11. The van der Waals surface area contributed by atoms with Crippen LogP contribution in [0.1, 0.15) is 18.9 Å². The molecule has 1 aliphatic rings. The van der Waals surface area contributed by atoms with Crippen molar-refractivity contribution in [2.24, 2.45) is 0 Å². The third-order valence-corrected chi connectivity index (χ3v) is 8.33. The van der Waals surface area contributed by atoms with Crippen LogP contribution < -0.4 is 19.1 Å². The summed E-state index contributed by atoms with van der Waals surface area (Å²) in [4.78, 5) is 28.2. The monoisotopic (exact) mass is 551 g/mol. The first-order chi connectivity index (χ1) is 18.8. The summed E-state index contributed by atoms with van der Waals surface area (Å²) >= 11 is 0. The molecule has 0 fully saturated rings. The first-order valence-electron chi connectivity index (χ1n) is 12.9. The van der Waals surface area contributed by atoms with E-state index in [-0.39, 0.29) is 23.0 Å². The molecular formula is C29H33N3O6S. The number of sulfonamides is 1. The Morgan fingerprint density at radius 2 is 1.56 bits per heavy atom. The molecule has 9 nitrogen and oxygen atoms in total. The molecule has 1 atom stereocenters. The van der Waals surface area contributed by atoms with Gasteiger partial charge >= 0.3 is 0 Å². The molecular weight excluding hydrogens is 518 g/mol. The summed E-state index contributed by atoms with van der Waals surface area (Å²) in [5, 5.41) is 2.63. The van der Waals surface area contributed by atoms with Crippen molar-refractivity contribution in [2.75, 3.05) is 37.7 Å². The molecule has 0 radical (unpaired) electrons. The average molecular weight is 552 g/mol. The fourth-order valence-corrected chi connectivity index (χ4v) is 5.93. The second kappa shape index (κ2) is 12.7. The summed E-state index contributed by atoms with van der Waals surface area (Å²) in [5.41, 5.74) is 1.26. The third kappa shape index (κ3) is 6.51. The molecule has 0 aliphatic carbocycles. The van der Waals surface area contributed by atoms with Gasteiger partial charge in [0.2, 0.25) is 11.8 Å². The largest absolute Gasteiger partial charge is 0.486 e. The zero-order valence-corrected chi connectivity index (χ0v) is 22.9. The maximum absolute atomic E-state index is 13.9. The van der Waals surface area contributed by atoms with Gasteiger partial charge in [0, 0.05) is 19.7 Å². The number of hydrogen-bond acceptors (Lipinski definition) is 6. The number of ether oxygens (including phenoxy) is 2. The maximum Gasteiger partial charge on any atom is 0.264 e. The predicted molar refractivity (Wildman–Crippen MR) is 148 cm³/mol. The van der Waals surface area contributed by atoms with E-state index < -0.39 is 28.5 Å². The van der Waals surface area contributed by atoms with Crippen LogP contribution in [0.25, 0.3) is 0 Å². The van der Waals surface area contributed by atoms with Crippen LogP contribution in [0.5, 0.6) is 11.5 Å². The Balaban J connectivity index is 1.71. The first-order valence-corrected chi connectivity index (χ1v) is 14.3. The molecule has 10 heteroatoms. The summed E-state index contributed by atoms with van der Waals surface area (Å²) in [6, 6.07) is 21.6. The molecule has 0 saturated heterocycles. The zero-order valence-electron chi connectivity index (χ0n) is 22.1. The van der Waals surface area contributed by atoms with E-state index in [0.29, 0.717) is 37.6 Å². The predicted octanol–water partition coefficient (Wildman–Crippen LogP) is 3.25. The Hall–Kier alpha value is -4.05. The zero-order chi connectivity index (χ0) is 27.8. The number of anilines is 1. The number of fused-ring (bicyclic) bond motifs is 1. The van der Waals surface area contributed by atoms with Crippen LogP contribution in [0.3, 0.4) is 0 Å². The molecule has 3 aromatic rings. The lowest BCUT2D eigenvalue weighted by atomic mass is 10.1. The van der Waals surface area contributed by atoms with Crippen LogP contribution in [-0.2, 0) is 26.0 Å². The van der Waals surface area contributed by atoms with Gasteiger partial charge in [-0.05, 0) is 42.7 Å². The molecule has 2 amide bonds. The van der Waals surface area contributed by atoms with Crippen molar-refractivity contribution in [1.29, 1.82) is 0 Å². The highest BCUT2D eigenvalue weighted by molar-refractivity contribution is 7.92. The van der Waals surface area contributed by atoms with E-state index in [2.05, 4.69) is 5.32 Å². The Labute approximate surface area is 229 Å². The number of hydrogen-bond donors (Lipinski definition) is 1. The molecule has 1 N–H and O–H groups in total. The van der Waals surface area contributed by atoms with Crippen molar-refractivity contribution in [2.45, 2.75) is 30.7 Å². The minimum absolute atomic E-state index is 0.0434. The summed E-state index contributed by atoms with van der Waals surface area (Å²) in [7, 11) is -2.63. The van der Waals surface area contributed by atoms with E-state index in [1.165, 1.54) is 24.1 Å². The summed E-state index contributed by atoms with van der Waals surface area (Å²) in [5.74, 6) is 0.104. The van der Waals surface area contributed by atoms with Crippen molar-refractivity contribution in [1.82, 2.24) is 10.2 Å². The summed E-state index contributed by atoms with van der Waals surface area (Å²) in [6.45, 7) is 2.29. The first kappa shape index (κ1) is 28.0. The van der Waals surface area contributed by atoms with Crippen molar-refractivity contribution in [3.63, 3.8) is 0 Å². The molecule has 0 saturated carbocycles. The van der Waals surface area contributed by atoms with Gasteiger partial charge in [0.05, 0.1) is 10.6 Å². The number of amides is 2. The van der Waals surface area contributed by atoms with E-state index in [9.17, 15) is 18.0 Å². The van der Waals surface area contributed by atoms with Crippen molar-refractivity contribution >= 4 is 27.5 Å². The van der Waals surface area contributed by atoms with Gasteiger partial charge < -0.3 is 19.7 Å². The molecule has 206 valence electrons. The normalized spacial score (nSPS) is 13.3. The van der Waals surface area contributed by atoms with Gasteiger partial charge in [0.15, 0.2) is 11.5 Å². The standard InChI is InChI=1S/C29H33N3O6S/c1-3-25(29(34)30-2)31(17-16-22-10-6-4-7-11-22)28(33)21-32(39(35,36)24-12-8-5-9-13-24)23-14-15-26-27(20-23)38-19-18-37-26/h4-15,20,25H,3,16-19,21H2,1-2H3,(H,30,34)/t25-/m1/s1. The molecule has 1 heterocycles. The number of likely N-dealkylation sites (N-methyl/N-ethyl adjacent to an activating group) is 1. The van der Waals surface area contributed by atoms with E-state index in [4.69, 9.17) is 9.47 Å². The van der Waals surface area contributed by atoms with Crippen LogP contribution in [0.15, 0.2) is 83.8 Å². The molecule has 39 heavy (non-hydrogen) atoms. The lowest BCUT2D eigenvalue weighted by Crippen LogP contribution is -2.52. The fraction of sp³-hybridized carbons (Fsp3) is 0.310. The highest BCUT2D eigenvalue weighted by atomic mass is 32.2. The third-order valence-electron chi connectivity index (χ3n) is 6.54. The van der Waals surface area contributed by atoms with Crippen LogP contribution in [0, 0.1) is 0 Å². The van der Waals surface area contributed by atoms with E-state index >= 15 is 0 Å². The Morgan fingerprint density at radius 3 is 2.21 bits per heavy atom. The van der Waals surface area contributed by atoms with Crippen molar-refractivity contribution < 1.29 is 27.5 Å². The van der Waals surface area contributed by atoms with Gasteiger partial charge in [0.1, 0.15) is 25.8 Å². The Kier molecular flexibility index (Phi) is 9.08. The van der Waals surface area contributed by atoms with Gasteiger partial charge in [-0.1, -0.05) is 55.5 Å². The van der Waals surface area contributed by atoms with Gasteiger partial charge in [-0.2, -0.15) is 0 Å². The molecule has 1 aliphatic heterocycles. The van der Waals surface area contributed by atoms with Crippen LogP contribution >= 0.6 is 0 Å². The minimum Gasteiger partial charge on any atom is -0.486 e. The second-order valence-electron chi connectivity index (χ2n) is 9.01. The topological polar surface area (TPSA) is 105 Å². The Bertz CT molecular complexity index is 1380. The molecule has 4 rings (SSSR count). The minimum atomic E-state index is -4.15. The van der Waals surface area contributed by atoms with Crippen molar-refractivity contribution in [3.8, 4) is 11.5 Å². The highest BCUT2D eigenvalue weighted by Crippen LogP contribution is 2.35. The quantitative estimate of drug-likeness (QED) is 0.392. The van der Waals surface area contributed by atoms with E-state index in [0.717, 1.165) is 9.87 Å². The SMILES string of the molecule is CC[C@H](C(=O)NC)N(CCc1ccccc1)C(=O)CN(c1ccc2c(c1)OCCO2)S(=O)(=O)c1ccccc1. The van der Waals surface area contributed by atoms with E-state index in [1.807, 2.05) is 37.3 Å². The maximum atomic E-state index is 13.9. The number of nitrogens with one attached hydrogen (secondary N) is 1. The van der Waals surface area contributed by atoms with Gasteiger partial charge in [-0.3, -0.25) is 13.9 Å². The smallest absolute Gasteiger partial charge is 0.264 e. The van der Waals surface area contributed by atoms with Gasteiger partial charge in [-0.15, -0.1) is 0 Å². The lowest BCUT2D eigenvalue weighted by molar-refractivity contribution is -0.139. The van der Waals surface area contributed by atoms with E-state index in [1.54, 1.807) is 36.4 Å².